The number of carbonyl (C=O) groups is 1. The maximum Gasteiger partial charge on any atom is 0.264 e. The fourth-order valence-electron chi connectivity index (χ4n) is 4.07. The van der Waals surface area contributed by atoms with Gasteiger partial charge in [0.1, 0.15) is 6.54 Å². The van der Waals surface area contributed by atoms with E-state index in [-0.39, 0.29) is 23.4 Å². The molecule has 1 unspecified atom stereocenters. The number of hydrogen-bond donors (Lipinski definition) is 0. The molecule has 166 valence electrons. The Hall–Kier alpha value is -2.83. The van der Waals surface area contributed by atoms with E-state index in [1.165, 1.54) is 28.6 Å². The maximum atomic E-state index is 13.6. The van der Waals surface area contributed by atoms with Gasteiger partial charge in [-0.1, -0.05) is 35.9 Å². The lowest BCUT2D eigenvalue weighted by Gasteiger charge is -2.29. The van der Waals surface area contributed by atoms with Crippen LogP contribution in [0.5, 0.6) is 0 Å². The van der Waals surface area contributed by atoms with Crippen LogP contribution in [0.2, 0.25) is 5.02 Å². The highest BCUT2D eigenvalue weighted by molar-refractivity contribution is 7.92. The monoisotopic (exact) mass is 468 g/mol. The lowest BCUT2D eigenvalue weighted by Crippen LogP contribution is -2.45. The van der Waals surface area contributed by atoms with Crippen molar-refractivity contribution in [2.75, 3.05) is 15.7 Å². The summed E-state index contributed by atoms with van der Waals surface area (Å²) in [4.78, 5) is 15.3. The molecule has 0 saturated carbocycles. The van der Waals surface area contributed by atoms with E-state index in [4.69, 9.17) is 11.6 Å². The standard InChI is InChI=1S/C25H25ClN2O3S/c1-17-8-11-22(14-18(17)2)27(32(30,31)23-12-9-21(26)10-13-23)16-25(29)28-19(3)15-20-6-4-5-7-24(20)28/h4-14,19H,15-16H2,1-3H3. The van der Waals surface area contributed by atoms with E-state index in [2.05, 4.69) is 0 Å². The predicted molar refractivity (Wildman–Crippen MR) is 129 cm³/mol. The number of benzene rings is 3. The Morgan fingerprint density at radius 2 is 1.72 bits per heavy atom. The van der Waals surface area contributed by atoms with Gasteiger partial charge < -0.3 is 4.90 Å². The van der Waals surface area contributed by atoms with Crippen molar-refractivity contribution in [1.82, 2.24) is 0 Å². The third-order valence-corrected chi connectivity index (χ3v) is 7.97. The average molecular weight is 469 g/mol. The summed E-state index contributed by atoms with van der Waals surface area (Å²) in [5, 5.41) is 0.445. The second-order valence-electron chi connectivity index (χ2n) is 8.18. The summed E-state index contributed by atoms with van der Waals surface area (Å²) < 4.78 is 28.5. The summed E-state index contributed by atoms with van der Waals surface area (Å²) >= 11 is 5.96. The fraction of sp³-hybridized carbons (Fsp3) is 0.240. The smallest absolute Gasteiger partial charge is 0.264 e. The molecule has 32 heavy (non-hydrogen) atoms. The molecule has 1 amide bonds. The van der Waals surface area contributed by atoms with Crippen LogP contribution in [-0.4, -0.2) is 26.9 Å². The molecule has 0 aromatic heterocycles. The zero-order valence-corrected chi connectivity index (χ0v) is 19.8. The minimum absolute atomic E-state index is 0.0419. The number of para-hydroxylation sites is 1. The van der Waals surface area contributed by atoms with Crippen LogP contribution in [0, 0.1) is 13.8 Å². The van der Waals surface area contributed by atoms with Crippen molar-refractivity contribution in [3.05, 3.63) is 88.4 Å². The number of fused-ring (bicyclic) bond motifs is 1. The second-order valence-corrected chi connectivity index (χ2v) is 10.5. The summed E-state index contributed by atoms with van der Waals surface area (Å²) in [6.45, 7) is 5.57. The van der Waals surface area contributed by atoms with Crippen LogP contribution in [-0.2, 0) is 21.2 Å². The van der Waals surface area contributed by atoms with Crippen molar-refractivity contribution in [3.8, 4) is 0 Å². The fourth-order valence-corrected chi connectivity index (χ4v) is 5.61. The number of halogens is 1. The van der Waals surface area contributed by atoms with Crippen LogP contribution in [0.15, 0.2) is 71.6 Å². The Kier molecular flexibility index (Phi) is 6.01. The number of hydrogen-bond acceptors (Lipinski definition) is 3. The van der Waals surface area contributed by atoms with E-state index < -0.39 is 10.0 Å². The van der Waals surface area contributed by atoms with Crippen LogP contribution in [0.4, 0.5) is 11.4 Å². The van der Waals surface area contributed by atoms with Gasteiger partial charge >= 0.3 is 0 Å². The van der Waals surface area contributed by atoms with Crippen LogP contribution in [0.25, 0.3) is 0 Å². The van der Waals surface area contributed by atoms with Gasteiger partial charge in [0.05, 0.1) is 10.6 Å². The highest BCUT2D eigenvalue weighted by Crippen LogP contribution is 2.33. The average Bonchev–Trinajstić information content (AvgIpc) is 3.10. The molecule has 0 fully saturated rings. The predicted octanol–water partition coefficient (Wildman–Crippen LogP) is 5.13. The molecule has 4 rings (SSSR count). The Balaban J connectivity index is 1.75. The first-order valence-electron chi connectivity index (χ1n) is 10.4. The first-order valence-corrected chi connectivity index (χ1v) is 12.3. The number of sulfonamides is 1. The van der Waals surface area contributed by atoms with Gasteiger partial charge in [-0.15, -0.1) is 0 Å². The van der Waals surface area contributed by atoms with Gasteiger partial charge in [0, 0.05) is 16.8 Å². The number of aryl methyl sites for hydroxylation is 2. The van der Waals surface area contributed by atoms with Gasteiger partial charge in [-0.2, -0.15) is 0 Å². The topological polar surface area (TPSA) is 57.7 Å². The Bertz CT molecular complexity index is 1270. The Morgan fingerprint density at radius 1 is 1.03 bits per heavy atom. The largest absolute Gasteiger partial charge is 0.307 e. The van der Waals surface area contributed by atoms with Crippen LogP contribution < -0.4 is 9.21 Å². The van der Waals surface area contributed by atoms with E-state index in [1.807, 2.05) is 51.1 Å². The molecule has 1 atom stereocenters. The minimum Gasteiger partial charge on any atom is -0.307 e. The van der Waals surface area contributed by atoms with Gasteiger partial charge in [0.25, 0.3) is 10.0 Å². The van der Waals surface area contributed by atoms with E-state index in [0.29, 0.717) is 10.7 Å². The third kappa shape index (κ3) is 4.12. The summed E-state index contributed by atoms with van der Waals surface area (Å²) in [5.41, 5.74) is 4.38. The first kappa shape index (κ1) is 22.4. The maximum absolute atomic E-state index is 13.6. The summed E-state index contributed by atoms with van der Waals surface area (Å²) in [6, 6.07) is 19.1. The highest BCUT2D eigenvalue weighted by atomic mass is 35.5. The molecular formula is C25H25ClN2O3S. The van der Waals surface area contributed by atoms with Gasteiger partial charge in [-0.05, 0) is 86.3 Å². The lowest BCUT2D eigenvalue weighted by atomic mass is 10.1. The Morgan fingerprint density at radius 3 is 2.41 bits per heavy atom. The van der Waals surface area contributed by atoms with Crippen molar-refractivity contribution in [3.63, 3.8) is 0 Å². The molecule has 3 aromatic carbocycles. The SMILES string of the molecule is Cc1ccc(N(CC(=O)N2c3ccccc3CC2C)S(=O)(=O)c2ccc(Cl)cc2)cc1C. The van der Waals surface area contributed by atoms with Gasteiger partial charge in [0.2, 0.25) is 5.91 Å². The van der Waals surface area contributed by atoms with Crippen LogP contribution in [0.1, 0.15) is 23.6 Å². The number of rotatable bonds is 5. The summed E-state index contributed by atoms with van der Waals surface area (Å²) in [6.07, 6.45) is 0.746. The van der Waals surface area contributed by atoms with E-state index in [1.54, 1.807) is 17.0 Å². The summed E-state index contributed by atoms with van der Waals surface area (Å²) in [7, 11) is -3.99. The molecule has 0 radical (unpaired) electrons. The zero-order chi connectivity index (χ0) is 23.0. The highest BCUT2D eigenvalue weighted by Gasteiger charge is 2.34. The molecule has 0 spiro atoms. The number of carbonyl (C=O) groups excluding carboxylic acids is 1. The van der Waals surface area contributed by atoms with E-state index >= 15 is 0 Å². The van der Waals surface area contributed by atoms with E-state index in [0.717, 1.165) is 28.8 Å². The molecule has 0 bridgehead atoms. The molecule has 0 aliphatic carbocycles. The molecule has 1 heterocycles. The van der Waals surface area contributed by atoms with Gasteiger partial charge in [-0.25, -0.2) is 8.42 Å². The second kappa shape index (κ2) is 8.60. The van der Waals surface area contributed by atoms with Crippen LogP contribution >= 0.6 is 11.6 Å². The lowest BCUT2D eigenvalue weighted by molar-refractivity contribution is -0.117. The van der Waals surface area contributed by atoms with Gasteiger partial charge in [0.15, 0.2) is 0 Å². The van der Waals surface area contributed by atoms with Crippen molar-refractivity contribution < 1.29 is 13.2 Å². The minimum atomic E-state index is -3.99. The zero-order valence-electron chi connectivity index (χ0n) is 18.2. The van der Waals surface area contributed by atoms with Crippen molar-refractivity contribution >= 4 is 38.9 Å². The van der Waals surface area contributed by atoms with E-state index in [9.17, 15) is 13.2 Å². The molecular weight excluding hydrogens is 444 g/mol. The normalized spacial score (nSPS) is 15.5. The number of nitrogens with zero attached hydrogens (tertiary/aromatic N) is 2. The number of anilines is 2. The first-order chi connectivity index (χ1) is 15.2. The van der Waals surface area contributed by atoms with Crippen molar-refractivity contribution in [1.29, 1.82) is 0 Å². The molecule has 3 aromatic rings. The Labute approximate surface area is 194 Å². The molecule has 0 N–H and O–H groups in total. The molecule has 1 aliphatic rings. The van der Waals surface area contributed by atoms with Gasteiger partial charge in [-0.3, -0.25) is 9.10 Å². The third-order valence-electron chi connectivity index (χ3n) is 5.93. The molecule has 0 saturated heterocycles. The van der Waals surface area contributed by atoms with Crippen LogP contribution in [0.3, 0.4) is 0 Å². The number of amides is 1. The van der Waals surface area contributed by atoms with Crippen molar-refractivity contribution in [2.45, 2.75) is 38.1 Å². The molecule has 5 nitrogen and oxygen atoms in total. The quantitative estimate of drug-likeness (QED) is 0.521. The summed E-state index contributed by atoms with van der Waals surface area (Å²) in [5.74, 6) is -0.266. The molecule has 7 heteroatoms. The van der Waals surface area contributed by atoms with Crippen molar-refractivity contribution in [2.24, 2.45) is 0 Å². The molecule has 1 aliphatic heterocycles.